The Labute approximate surface area is 92.8 Å². The van der Waals surface area contributed by atoms with Crippen molar-refractivity contribution in [2.24, 2.45) is 7.05 Å². The van der Waals surface area contributed by atoms with Crippen molar-refractivity contribution in [3.63, 3.8) is 0 Å². The third kappa shape index (κ3) is 1.44. The molecule has 2 heterocycles. The molecule has 84 valence electrons. The van der Waals surface area contributed by atoms with Gasteiger partial charge in [-0.25, -0.2) is 14.8 Å². The van der Waals surface area contributed by atoms with Crippen LogP contribution >= 0.6 is 0 Å². The summed E-state index contributed by atoms with van der Waals surface area (Å²) in [6.07, 6.45) is 2.32. The number of aromatic nitrogens is 3. The van der Waals surface area contributed by atoms with Crippen LogP contribution in [0.4, 0.5) is 0 Å². The van der Waals surface area contributed by atoms with Gasteiger partial charge in [-0.05, 0) is 6.92 Å². The molecule has 0 aliphatic heterocycles. The van der Waals surface area contributed by atoms with Crippen LogP contribution < -0.4 is 0 Å². The molecule has 0 saturated heterocycles. The molecule has 0 saturated carbocycles. The highest BCUT2D eigenvalue weighted by atomic mass is 16.4. The molecule has 0 spiro atoms. The standard InChI is InChI=1S/C11H13N3O2/c1-4-8-12-6(2)9-7(11(15)16)5-14(3)10(9)13-8/h5H,4H2,1-3H3,(H,15,16). The largest absolute Gasteiger partial charge is 0.478 e. The summed E-state index contributed by atoms with van der Waals surface area (Å²) in [5.74, 6) is -0.204. The highest BCUT2D eigenvalue weighted by Crippen LogP contribution is 2.21. The third-order valence-electron chi connectivity index (χ3n) is 2.59. The minimum Gasteiger partial charge on any atom is -0.478 e. The maximum Gasteiger partial charge on any atom is 0.338 e. The van der Waals surface area contributed by atoms with Crippen molar-refractivity contribution in [3.05, 3.63) is 23.3 Å². The van der Waals surface area contributed by atoms with Crippen molar-refractivity contribution in [1.29, 1.82) is 0 Å². The summed E-state index contributed by atoms with van der Waals surface area (Å²) in [7, 11) is 1.79. The number of hydrogen-bond acceptors (Lipinski definition) is 3. The summed E-state index contributed by atoms with van der Waals surface area (Å²) in [6, 6.07) is 0. The van der Waals surface area contributed by atoms with Crippen molar-refractivity contribution >= 4 is 17.0 Å². The quantitative estimate of drug-likeness (QED) is 0.831. The zero-order valence-electron chi connectivity index (χ0n) is 9.48. The fourth-order valence-electron chi connectivity index (χ4n) is 1.82. The Bertz CT molecular complexity index is 572. The van der Waals surface area contributed by atoms with Gasteiger partial charge in [0.1, 0.15) is 11.5 Å². The van der Waals surface area contributed by atoms with E-state index in [1.807, 2.05) is 13.8 Å². The second kappa shape index (κ2) is 3.59. The maximum absolute atomic E-state index is 11.1. The van der Waals surface area contributed by atoms with Gasteiger partial charge in [-0.15, -0.1) is 0 Å². The maximum atomic E-state index is 11.1. The number of carbonyl (C=O) groups is 1. The molecule has 0 aliphatic rings. The predicted octanol–water partition coefficient (Wildman–Crippen LogP) is 1.54. The van der Waals surface area contributed by atoms with Gasteiger partial charge in [-0.2, -0.15) is 0 Å². The summed E-state index contributed by atoms with van der Waals surface area (Å²) in [5, 5.41) is 9.71. The number of nitrogens with zero attached hydrogens (tertiary/aromatic N) is 3. The first-order chi connectivity index (χ1) is 7.54. The molecule has 16 heavy (non-hydrogen) atoms. The van der Waals surface area contributed by atoms with Crippen molar-refractivity contribution in [1.82, 2.24) is 14.5 Å². The Morgan fingerprint density at radius 1 is 1.50 bits per heavy atom. The fraction of sp³-hybridized carbons (Fsp3) is 0.364. The highest BCUT2D eigenvalue weighted by molar-refractivity contribution is 6.03. The van der Waals surface area contributed by atoms with Crippen molar-refractivity contribution in [2.45, 2.75) is 20.3 Å². The Hall–Kier alpha value is -1.91. The van der Waals surface area contributed by atoms with Crippen LogP contribution in [0.1, 0.15) is 28.8 Å². The molecule has 2 rings (SSSR count). The average Bonchev–Trinajstić information content (AvgIpc) is 2.57. The number of aromatic carboxylic acids is 1. The zero-order chi connectivity index (χ0) is 11.9. The van der Waals surface area contributed by atoms with Crippen LogP contribution in [0, 0.1) is 6.92 Å². The number of fused-ring (bicyclic) bond motifs is 1. The van der Waals surface area contributed by atoms with Gasteiger partial charge in [-0.3, -0.25) is 0 Å². The second-order valence-corrected chi connectivity index (χ2v) is 3.74. The number of carboxylic acids is 1. The molecule has 5 heteroatoms. The Balaban J connectivity index is 2.85. The van der Waals surface area contributed by atoms with E-state index >= 15 is 0 Å². The molecule has 0 atom stereocenters. The summed E-state index contributed by atoms with van der Waals surface area (Å²) in [6.45, 7) is 3.79. The van der Waals surface area contributed by atoms with Gasteiger partial charge in [0.05, 0.1) is 16.6 Å². The fourth-order valence-corrected chi connectivity index (χ4v) is 1.82. The van der Waals surface area contributed by atoms with Gasteiger partial charge in [-0.1, -0.05) is 6.92 Å². The molecule has 0 aliphatic carbocycles. The van der Waals surface area contributed by atoms with E-state index < -0.39 is 5.97 Å². The highest BCUT2D eigenvalue weighted by Gasteiger charge is 2.17. The molecule has 0 fully saturated rings. The molecule has 0 amide bonds. The molecular formula is C11H13N3O2. The van der Waals surface area contributed by atoms with Crippen LogP contribution in [-0.2, 0) is 13.5 Å². The lowest BCUT2D eigenvalue weighted by Crippen LogP contribution is -2.00. The minimum absolute atomic E-state index is 0.262. The molecule has 1 N–H and O–H groups in total. The second-order valence-electron chi connectivity index (χ2n) is 3.74. The minimum atomic E-state index is -0.943. The lowest BCUT2D eigenvalue weighted by molar-refractivity contribution is 0.0698. The molecule has 2 aromatic heterocycles. The van der Waals surface area contributed by atoms with Gasteiger partial charge < -0.3 is 9.67 Å². The van der Waals surface area contributed by atoms with Crippen LogP contribution in [0.2, 0.25) is 0 Å². The first-order valence-corrected chi connectivity index (χ1v) is 5.10. The first kappa shape index (κ1) is 10.6. The summed E-state index contributed by atoms with van der Waals surface area (Å²) >= 11 is 0. The lowest BCUT2D eigenvalue weighted by atomic mass is 10.2. The Kier molecular flexibility index (Phi) is 2.38. The van der Waals surface area contributed by atoms with E-state index in [-0.39, 0.29) is 5.56 Å². The third-order valence-corrected chi connectivity index (χ3v) is 2.59. The molecule has 0 aromatic carbocycles. The molecule has 0 radical (unpaired) electrons. The number of aryl methyl sites for hydroxylation is 3. The van der Waals surface area contributed by atoms with E-state index in [4.69, 9.17) is 5.11 Å². The van der Waals surface area contributed by atoms with E-state index in [1.165, 1.54) is 0 Å². The van der Waals surface area contributed by atoms with Crippen LogP contribution in [0.5, 0.6) is 0 Å². The monoisotopic (exact) mass is 219 g/mol. The van der Waals surface area contributed by atoms with E-state index in [0.29, 0.717) is 11.0 Å². The number of carboxylic acid groups (broad SMARTS) is 1. The Morgan fingerprint density at radius 3 is 2.75 bits per heavy atom. The van der Waals surface area contributed by atoms with E-state index in [1.54, 1.807) is 17.8 Å². The number of hydrogen-bond donors (Lipinski definition) is 1. The molecular weight excluding hydrogens is 206 g/mol. The Morgan fingerprint density at radius 2 is 2.19 bits per heavy atom. The average molecular weight is 219 g/mol. The van der Waals surface area contributed by atoms with Crippen LogP contribution in [0.25, 0.3) is 11.0 Å². The summed E-state index contributed by atoms with van der Waals surface area (Å²) < 4.78 is 1.73. The summed E-state index contributed by atoms with van der Waals surface area (Å²) in [5.41, 5.74) is 1.67. The normalized spacial score (nSPS) is 10.9. The van der Waals surface area contributed by atoms with Crippen LogP contribution in [0.3, 0.4) is 0 Å². The van der Waals surface area contributed by atoms with Gasteiger partial charge in [0, 0.05) is 19.7 Å². The molecule has 0 bridgehead atoms. The van der Waals surface area contributed by atoms with Crippen molar-refractivity contribution in [2.75, 3.05) is 0 Å². The predicted molar refractivity (Wildman–Crippen MR) is 59.6 cm³/mol. The van der Waals surface area contributed by atoms with Crippen molar-refractivity contribution in [3.8, 4) is 0 Å². The van der Waals surface area contributed by atoms with E-state index in [9.17, 15) is 4.79 Å². The smallest absolute Gasteiger partial charge is 0.338 e. The molecule has 5 nitrogen and oxygen atoms in total. The SMILES string of the molecule is CCc1nc(C)c2c(C(=O)O)cn(C)c2n1. The van der Waals surface area contributed by atoms with E-state index in [2.05, 4.69) is 9.97 Å². The van der Waals surface area contributed by atoms with Crippen molar-refractivity contribution < 1.29 is 9.90 Å². The van der Waals surface area contributed by atoms with Gasteiger partial charge >= 0.3 is 5.97 Å². The summed E-state index contributed by atoms with van der Waals surface area (Å²) in [4.78, 5) is 19.7. The topological polar surface area (TPSA) is 68.0 Å². The van der Waals surface area contributed by atoms with Gasteiger partial charge in [0.2, 0.25) is 0 Å². The zero-order valence-corrected chi connectivity index (χ0v) is 9.48. The number of rotatable bonds is 2. The lowest BCUT2D eigenvalue weighted by Gasteiger charge is -2.02. The van der Waals surface area contributed by atoms with Gasteiger partial charge in [0.15, 0.2) is 0 Å². The van der Waals surface area contributed by atoms with E-state index in [0.717, 1.165) is 17.9 Å². The van der Waals surface area contributed by atoms with Crippen LogP contribution in [0.15, 0.2) is 6.20 Å². The first-order valence-electron chi connectivity index (χ1n) is 5.10. The van der Waals surface area contributed by atoms with Gasteiger partial charge in [0.25, 0.3) is 0 Å². The molecule has 2 aromatic rings. The molecule has 0 unspecified atom stereocenters. The van der Waals surface area contributed by atoms with Crippen LogP contribution in [-0.4, -0.2) is 25.6 Å².